The lowest BCUT2D eigenvalue weighted by atomic mass is 10.5. The first-order valence-electron chi connectivity index (χ1n) is 3.59. The van der Waals surface area contributed by atoms with Gasteiger partial charge in [0.2, 0.25) is 0 Å². The average Bonchev–Trinajstić information content (AvgIpc) is 1.99. The molecule has 0 rings (SSSR count). The Morgan fingerprint density at radius 1 is 1.45 bits per heavy atom. The molecule has 0 fully saturated rings. The van der Waals surface area contributed by atoms with Crippen molar-refractivity contribution in [2.45, 2.75) is 13.3 Å². The Morgan fingerprint density at radius 3 is 2.73 bits per heavy atom. The number of methoxy groups -OCH3 is 1. The summed E-state index contributed by atoms with van der Waals surface area (Å²) in [7, 11) is 1.62. The lowest BCUT2D eigenvalue weighted by Gasteiger charge is -1.99. The Balaban J connectivity index is 3.17. The van der Waals surface area contributed by atoms with Crippen molar-refractivity contribution in [3.05, 3.63) is 12.2 Å². The molecule has 0 heterocycles. The summed E-state index contributed by atoms with van der Waals surface area (Å²) in [5.74, 6) is -0.288. The topological polar surface area (TPSA) is 35.5 Å². The molecule has 0 amide bonds. The van der Waals surface area contributed by atoms with Crippen molar-refractivity contribution >= 4 is 5.97 Å². The summed E-state index contributed by atoms with van der Waals surface area (Å²) in [4.78, 5) is 10.7. The predicted octanol–water partition coefficient (Wildman–Crippen LogP) is 1.14. The van der Waals surface area contributed by atoms with Crippen molar-refractivity contribution in [2.75, 3.05) is 20.3 Å². The van der Waals surface area contributed by atoms with Crippen LogP contribution in [0.1, 0.15) is 13.3 Å². The Morgan fingerprint density at radius 2 is 2.18 bits per heavy atom. The third kappa shape index (κ3) is 7.06. The van der Waals surface area contributed by atoms with Gasteiger partial charge in [0, 0.05) is 26.2 Å². The van der Waals surface area contributed by atoms with E-state index in [0.717, 1.165) is 6.42 Å². The predicted molar refractivity (Wildman–Crippen MR) is 42.3 cm³/mol. The lowest BCUT2D eigenvalue weighted by molar-refractivity contribution is -0.138. The first-order chi connectivity index (χ1) is 5.31. The van der Waals surface area contributed by atoms with Crippen molar-refractivity contribution in [1.82, 2.24) is 0 Å². The van der Waals surface area contributed by atoms with Gasteiger partial charge in [-0.25, -0.2) is 4.79 Å². The maximum atomic E-state index is 10.7. The quantitative estimate of drug-likeness (QED) is 0.342. The van der Waals surface area contributed by atoms with Crippen LogP contribution >= 0.6 is 0 Å². The van der Waals surface area contributed by atoms with Crippen LogP contribution in [0.2, 0.25) is 0 Å². The molecule has 0 aliphatic rings. The van der Waals surface area contributed by atoms with E-state index in [0.29, 0.717) is 13.2 Å². The van der Waals surface area contributed by atoms with Gasteiger partial charge in [0.15, 0.2) is 0 Å². The van der Waals surface area contributed by atoms with Gasteiger partial charge in [-0.15, -0.1) is 0 Å². The number of esters is 1. The lowest BCUT2D eigenvalue weighted by Crippen LogP contribution is -2.04. The van der Waals surface area contributed by atoms with Gasteiger partial charge in [0.25, 0.3) is 0 Å². The van der Waals surface area contributed by atoms with Crippen molar-refractivity contribution < 1.29 is 14.3 Å². The highest BCUT2D eigenvalue weighted by Crippen LogP contribution is 1.85. The van der Waals surface area contributed by atoms with Gasteiger partial charge < -0.3 is 9.47 Å². The van der Waals surface area contributed by atoms with E-state index in [1.54, 1.807) is 20.1 Å². The Hall–Kier alpha value is -0.830. The third-order valence-electron chi connectivity index (χ3n) is 1.04. The maximum Gasteiger partial charge on any atom is 0.330 e. The molecular weight excluding hydrogens is 144 g/mol. The monoisotopic (exact) mass is 158 g/mol. The standard InChI is InChI=1S/C8H14O3/c1-3-5-8(9)11-7-4-6-10-2/h3,5H,4,6-7H2,1-2H3. The van der Waals surface area contributed by atoms with Crippen LogP contribution in [0.5, 0.6) is 0 Å². The minimum absolute atomic E-state index is 0.288. The van der Waals surface area contributed by atoms with Crippen LogP contribution < -0.4 is 0 Å². The van der Waals surface area contributed by atoms with E-state index in [9.17, 15) is 4.79 Å². The minimum atomic E-state index is -0.288. The van der Waals surface area contributed by atoms with E-state index < -0.39 is 0 Å². The summed E-state index contributed by atoms with van der Waals surface area (Å²) >= 11 is 0. The van der Waals surface area contributed by atoms with E-state index >= 15 is 0 Å². The molecule has 0 aromatic carbocycles. The second kappa shape index (κ2) is 7.28. The van der Waals surface area contributed by atoms with Crippen LogP contribution in [0.4, 0.5) is 0 Å². The van der Waals surface area contributed by atoms with Crippen LogP contribution in [0, 0.1) is 0 Å². The molecule has 0 N–H and O–H groups in total. The van der Waals surface area contributed by atoms with E-state index in [-0.39, 0.29) is 5.97 Å². The van der Waals surface area contributed by atoms with Crippen LogP contribution in [-0.2, 0) is 14.3 Å². The number of rotatable bonds is 5. The SMILES string of the molecule is CC=CC(=O)OCCCOC. The van der Waals surface area contributed by atoms with E-state index in [2.05, 4.69) is 0 Å². The number of hydrogen-bond acceptors (Lipinski definition) is 3. The molecule has 0 aliphatic heterocycles. The molecule has 64 valence electrons. The van der Waals surface area contributed by atoms with Gasteiger partial charge in [0.05, 0.1) is 6.61 Å². The second-order valence-corrected chi connectivity index (χ2v) is 2.01. The van der Waals surface area contributed by atoms with Crippen LogP contribution in [-0.4, -0.2) is 26.3 Å². The number of ether oxygens (including phenoxy) is 2. The summed E-state index contributed by atoms with van der Waals surface area (Å²) in [6.07, 6.45) is 3.80. The normalized spacial score (nSPS) is 10.4. The number of carbonyl (C=O) groups excluding carboxylic acids is 1. The molecule has 0 saturated heterocycles. The third-order valence-corrected chi connectivity index (χ3v) is 1.04. The second-order valence-electron chi connectivity index (χ2n) is 2.01. The minimum Gasteiger partial charge on any atom is -0.462 e. The average molecular weight is 158 g/mol. The fourth-order valence-corrected chi connectivity index (χ4v) is 0.560. The van der Waals surface area contributed by atoms with Crippen molar-refractivity contribution in [1.29, 1.82) is 0 Å². The maximum absolute atomic E-state index is 10.7. The van der Waals surface area contributed by atoms with Crippen LogP contribution in [0.25, 0.3) is 0 Å². The fourth-order valence-electron chi connectivity index (χ4n) is 0.560. The van der Waals surface area contributed by atoms with Crippen LogP contribution in [0.3, 0.4) is 0 Å². The van der Waals surface area contributed by atoms with Crippen molar-refractivity contribution in [2.24, 2.45) is 0 Å². The summed E-state index contributed by atoms with van der Waals surface area (Å²) in [6, 6.07) is 0. The van der Waals surface area contributed by atoms with Gasteiger partial charge in [-0.2, -0.15) is 0 Å². The highest BCUT2D eigenvalue weighted by molar-refractivity contribution is 5.81. The molecule has 0 aliphatic carbocycles. The largest absolute Gasteiger partial charge is 0.462 e. The van der Waals surface area contributed by atoms with E-state index in [1.165, 1.54) is 6.08 Å². The van der Waals surface area contributed by atoms with Gasteiger partial charge >= 0.3 is 5.97 Å². The molecule has 0 bridgehead atoms. The first-order valence-corrected chi connectivity index (χ1v) is 3.59. The van der Waals surface area contributed by atoms with Gasteiger partial charge in [0.1, 0.15) is 0 Å². The zero-order valence-corrected chi connectivity index (χ0v) is 7.00. The molecule has 0 spiro atoms. The van der Waals surface area contributed by atoms with Gasteiger partial charge in [-0.1, -0.05) is 6.08 Å². The zero-order valence-electron chi connectivity index (χ0n) is 7.00. The molecule has 3 nitrogen and oxygen atoms in total. The molecule has 0 aromatic heterocycles. The molecule has 3 heteroatoms. The molecular formula is C8H14O3. The molecule has 0 atom stereocenters. The van der Waals surface area contributed by atoms with Gasteiger partial charge in [-0.3, -0.25) is 0 Å². The summed E-state index contributed by atoms with van der Waals surface area (Å²) in [6.45, 7) is 2.83. The van der Waals surface area contributed by atoms with Crippen LogP contribution in [0.15, 0.2) is 12.2 Å². The number of hydrogen-bond donors (Lipinski definition) is 0. The number of allylic oxidation sites excluding steroid dienone is 1. The molecule has 0 saturated carbocycles. The summed E-state index contributed by atoms with van der Waals surface area (Å²) in [5, 5.41) is 0. The zero-order chi connectivity index (χ0) is 8.53. The van der Waals surface area contributed by atoms with E-state index in [4.69, 9.17) is 9.47 Å². The highest BCUT2D eigenvalue weighted by Gasteiger charge is 1.93. The Labute approximate surface area is 67.0 Å². The molecule has 0 unspecified atom stereocenters. The first kappa shape index (κ1) is 10.2. The smallest absolute Gasteiger partial charge is 0.330 e. The summed E-state index contributed by atoms with van der Waals surface area (Å²) < 4.78 is 9.55. The fraction of sp³-hybridized carbons (Fsp3) is 0.625. The molecule has 0 aromatic rings. The Bertz CT molecular complexity index is 129. The van der Waals surface area contributed by atoms with Crippen molar-refractivity contribution in [3.63, 3.8) is 0 Å². The Kier molecular flexibility index (Phi) is 6.73. The highest BCUT2D eigenvalue weighted by atomic mass is 16.5. The summed E-state index contributed by atoms with van der Waals surface area (Å²) in [5.41, 5.74) is 0. The van der Waals surface area contributed by atoms with Crippen molar-refractivity contribution in [3.8, 4) is 0 Å². The van der Waals surface area contributed by atoms with Gasteiger partial charge in [-0.05, 0) is 6.92 Å². The number of carbonyl (C=O) groups is 1. The molecule has 11 heavy (non-hydrogen) atoms. The van der Waals surface area contributed by atoms with E-state index in [1.807, 2.05) is 0 Å². The molecule has 0 radical (unpaired) electrons.